The Hall–Kier alpha value is -2.54. The first-order valence-electron chi connectivity index (χ1n) is 29.2. The van der Waals surface area contributed by atoms with Gasteiger partial charge >= 0.3 is 33.3 Å². The van der Waals surface area contributed by atoms with E-state index in [-0.39, 0.29) is 18.7 Å². The summed E-state index contributed by atoms with van der Waals surface area (Å²) in [5, 5.41) is 21.0. The number of hydrogen-bond donors (Lipinski definition) is 5. The van der Waals surface area contributed by atoms with Crippen molar-refractivity contribution in [2.45, 2.75) is 276 Å². The number of aliphatic hydroxyl groups excluding tert-OH is 2. The van der Waals surface area contributed by atoms with Gasteiger partial charge in [0.15, 0.2) is 12.3 Å². The van der Waals surface area contributed by atoms with Gasteiger partial charge in [-0.2, -0.15) is 9.29 Å². The lowest BCUT2D eigenvalue weighted by molar-refractivity contribution is -0.161. The van der Waals surface area contributed by atoms with Crippen LogP contribution >= 0.6 is 15.6 Å². The van der Waals surface area contributed by atoms with Crippen molar-refractivity contribution >= 4 is 33.4 Å². The summed E-state index contributed by atoms with van der Waals surface area (Å²) in [5.74, 6) is -0.432. The summed E-state index contributed by atoms with van der Waals surface area (Å²) >= 11 is 0. The zero-order valence-corrected chi connectivity index (χ0v) is 48.2. The van der Waals surface area contributed by atoms with Gasteiger partial charge in [-0.15, -0.1) is 0 Å². The van der Waals surface area contributed by atoms with Gasteiger partial charge in [0.2, 0.25) is 0 Å². The molecule has 2 aliphatic rings. The molecule has 1 aromatic heterocycles. The van der Waals surface area contributed by atoms with Crippen molar-refractivity contribution in [3.63, 3.8) is 0 Å². The molecule has 5 unspecified atom stereocenters. The van der Waals surface area contributed by atoms with E-state index in [0.29, 0.717) is 25.0 Å². The zero-order chi connectivity index (χ0) is 55.4. The van der Waals surface area contributed by atoms with Gasteiger partial charge < -0.3 is 44.7 Å². The minimum absolute atomic E-state index is 0.0498. The van der Waals surface area contributed by atoms with Gasteiger partial charge in [0.25, 0.3) is 0 Å². The molecule has 0 aliphatic carbocycles. The van der Waals surface area contributed by atoms with Crippen LogP contribution in [0.3, 0.4) is 0 Å². The second kappa shape index (κ2) is 39.8. The van der Waals surface area contributed by atoms with E-state index in [0.717, 1.165) is 81.1 Å². The zero-order valence-electron chi connectivity index (χ0n) is 46.4. The van der Waals surface area contributed by atoms with Crippen molar-refractivity contribution in [1.29, 1.82) is 0 Å². The van der Waals surface area contributed by atoms with E-state index in [1.54, 1.807) is 0 Å². The van der Waals surface area contributed by atoms with Crippen LogP contribution in [0.4, 0.5) is 5.82 Å². The smallest absolute Gasteiger partial charge is 0.462 e. The number of carbonyl (C=O) groups excluding carboxylic acids is 2. The number of phosphoric ester groups is 2. The first kappa shape index (κ1) is 67.7. The van der Waals surface area contributed by atoms with Crippen LogP contribution in [-0.4, -0.2) is 97.9 Å². The highest BCUT2D eigenvalue weighted by atomic mass is 31.3. The summed E-state index contributed by atoms with van der Waals surface area (Å²) in [6.07, 6.45) is 34.4. The molecule has 0 bridgehead atoms. The molecular weight excluding hydrogens is 1020 g/mol. The molecule has 0 spiro atoms. The fourth-order valence-corrected chi connectivity index (χ4v) is 11.4. The highest BCUT2D eigenvalue weighted by Gasteiger charge is 2.46. The fourth-order valence-electron chi connectivity index (χ4n) is 9.30. The maximum absolute atomic E-state index is 12.9. The monoisotopic (exact) mass is 1120 g/mol. The van der Waals surface area contributed by atoms with E-state index >= 15 is 0 Å². The highest BCUT2D eigenvalue weighted by molar-refractivity contribution is 7.61. The highest BCUT2D eigenvalue weighted by Crippen LogP contribution is 2.60. The van der Waals surface area contributed by atoms with Crippen molar-refractivity contribution in [2.75, 3.05) is 25.6 Å². The molecule has 10 atom stereocenters. The molecule has 76 heavy (non-hydrogen) atoms. The molecule has 21 heteroatoms. The topological polar surface area (TPSA) is 278 Å². The van der Waals surface area contributed by atoms with Gasteiger partial charge in [-0.1, -0.05) is 193 Å². The van der Waals surface area contributed by atoms with Crippen molar-refractivity contribution in [1.82, 2.24) is 9.55 Å². The largest absolute Gasteiger partial charge is 0.481 e. The van der Waals surface area contributed by atoms with Crippen LogP contribution < -0.4 is 11.4 Å². The van der Waals surface area contributed by atoms with Crippen LogP contribution in [0, 0.1) is 5.92 Å². The predicted octanol–water partition coefficient (Wildman–Crippen LogP) is 12.0. The third kappa shape index (κ3) is 31.3. The molecule has 0 saturated carbocycles. The van der Waals surface area contributed by atoms with Gasteiger partial charge in [0.1, 0.15) is 30.7 Å². The number of esters is 2. The van der Waals surface area contributed by atoms with E-state index in [9.17, 15) is 43.5 Å². The van der Waals surface area contributed by atoms with E-state index in [4.69, 9.17) is 33.7 Å². The first-order valence-corrected chi connectivity index (χ1v) is 32.2. The second-order valence-corrected chi connectivity index (χ2v) is 24.2. The van der Waals surface area contributed by atoms with E-state index in [1.165, 1.54) is 128 Å². The van der Waals surface area contributed by atoms with Crippen molar-refractivity contribution in [2.24, 2.45) is 5.92 Å². The second-order valence-electron chi connectivity index (χ2n) is 21.1. The van der Waals surface area contributed by atoms with E-state index < -0.39 is 83.7 Å². The molecule has 440 valence electrons. The fraction of sp³-hybridized carbons (Fsp3) is 0.855. The Morgan fingerprint density at radius 2 is 1.25 bits per heavy atom. The Bertz CT molecular complexity index is 1910. The maximum atomic E-state index is 12.9. The van der Waals surface area contributed by atoms with Crippen molar-refractivity contribution in [3.05, 3.63) is 34.9 Å². The SMILES string of the molecule is CCCCCC1OC1C/C=C\CCCCCCCC(=O)OC[C@H](COP(=O)(O)OP(=O)(O)OC[C@H]1O[C@@H](n2ccc(N)nc2=O)[C@H](O)[C@@H]1O)OC(=O)CCCCCCCCCCCCCCCCCCCCC(C)CC. The molecule has 0 aromatic carbocycles. The molecule has 6 N–H and O–H groups in total. The summed E-state index contributed by atoms with van der Waals surface area (Å²) in [5.41, 5.74) is 4.60. The van der Waals surface area contributed by atoms with Gasteiger partial charge in [-0.25, -0.2) is 13.9 Å². The van der Waals surface area contributed by atoms with Crippen LogP contribution in [0.1, 0.15) is 239 Å². The number of aliphatic hydroxyl groups is 2. The molecule has 0 amide bonds. The number of epoxide rings is 1. The minimum Gasteiger partial charge on any atom is -0.462 e. The molecule has 3 heterocycles. The van der Waals surface area contributed by atoms with Gasteiger partial charge in [0, 0.05) is 19.0 Å². The number of anilines is 1. The molecule has 19 nitrogen and oxygen atoms in total. The molecule has 2 fully saturated rings. The number of ether oxygens (including phenoxy) is 4. The molecule has 1 aromatic rings. The van der Waals surface area contributed by atoms with Crippen LogP contribution in [0.15, 0.2) is 29.2 Å². The van der Waals surface area contributed by atoms with Crippen LogP contribution in [-0.2, 0) is 51.0 Å². The van der Waals surface area contributed by atoms with Crippen LogP contribution in [0.5, 0.6) is 0 Å². The third-order valence-electron chi connectivity index (χ3n) is 14.3. The molecule has 2 saturated heterocycles. The van der Waals surface area contributed by atoms with E-state index in [2.05, 4.69) is 42.2 Å². The van der Waals surface area contributed by atoms with Gasteiger partial charge in [-0.3, -0.25) is 23.2 Å². The number of nitrogens with zero attached hydrogens (tertiary/aromatic N) is 2. The van der Waals surface area contributed by atoms with Crippen LogP contribution in [0.2, 0.25) is 0 Å². The Kier molecular flexibility index (Phi) is 35.4. The lowest BCUT2D eigenvalue weighted by Gasteiger charge is -2.21. The Morgan fingerprint density at radius 3 is 1.83 bits per heavy atom. The predicted molar refractivity (Wildman–Crippen MR) is 293 cm³/mol. The lowest BCUT2D eigenvalue weighted by Crippen LogP contribution is -2.36. The number of carbonyl (C=O) groups is 2. The van der Waals surface area contributed by atoms with Crippen molar-refractivity contribution < 1.29 is 71.0 Å². The first-order chi connectivity index (χ1) is 36.5. The average Bonchev–Trinajstić information content (AvgIpc) is 4.07. The summed E-state index contributed by atoms with van der Waals surface area (Å²) in [7, 11) is -10.9. The third-order valence-corrected chi connectivity index (χ3v) is 16.9. The number of aromatic nitrogens is 2. The van der Waals surface area contributed by atoms with Crippen LogP contribution in [0.25, 0.3) is 0 Å². The van der Waals surface area contributed by atoms with Gasteiger partial charge in [0.05, 0.1) is 25.4 Å². The Morgan fingerprint density at radius 1 is 0.697 bits per heavy atom. The molecule has 3 rings (SSSR count). The number of phosphoric acid groups is 2. The lowest BCUT2D eigenvalue weighted by atomic mass is 9.99. The number of hydrogen-bond acceptors (Lipinski definition) is 16. The Balaban J connectivity index is 1.34. The van der Waals surface area contributed by atoms with Crippen molar-refractivity contribution in [3.8, 4) is 0 Å². The van der Waals surface area contributed by atoms with E-state index in [1.807, 2.05) is 0 Å². The average molecular weight is 1120 g/mol. The summed E-state index contributed by atoms with van der Waals surface area (Å²) < 4.78 is 62.8. The number of rotatable bonds is 48. The molecule has 2 aliphatic heterocycles. The van der Waals surface area contributed by atoms with Gasteiger partial charge in [-0.05, 0) is 50.5 Å². The number of nitrogen functional groups attached to an aromatic ring is 1. The number of allylic oxidation sites excluding steroid dienone is 1. The number of unbranched alkanes of at least 4 members (excludes halogenated alkanes) is 24. The summed E-state index contributed by atoms with van der Waals surface area (Å²) in [4.78, 5) is 62.2. The molecular formula is C55H99N3O16P2. The summed E-state index contributed by atoms with van der Waals surface area (Å²) in [6.45, 7) is 4.53. The minimum atomic E-state index is -5.43. The maximum Gasteiger partial charge on any atom is 0.481 e. The normalized spacial score (nSPS) is 21.8. The quantitative estimate of drug-likeness (QED) is 0.0133. The summed E-state index contributed by atoms with van der Waals surface area (Å²) in [6, 6.07) is 1.25. The standard InChI is InChI=1S/C55H99N3O16P2/c1-4-6-29-35-46-47(72-46)36-31-26-22-19-20-23-27-32-37-50(59)68-41-45(71-51(60)38-33-28-24-18-16-14-12-10-8-7-9-11-13-15-17-21-25-30-34-44(3)5-2)42-69-75(64,65)74-76(66,67)70-43-48-52(61)53(62)54(73-48)58-40-39-49(56)57-55(58)63/h26,31,39-40,44-48,52-54,61-62H,4-25,27-30,32-38,41-43H2,1-3H3,(H,64,65)(H,66,67)(H2,56,57,63)/b31-26-/t44?,45-,46?,47?,48-,52-,53-,54-/m1/s1. The molecule has 0 radical (unpaired) electrons. The Labute approximate surface area is 454 Å². The number of nitrogens with two attached hydrogens (primary N) is 1.